The van der Waals surface area contributed by atoms with Gasteiger partial charge in [-0.3, -0.25) is 4.79 Å². The average molecular weight is 388 g/mol. The second-order valence-electron chi connectivity index (χ2n) is 6.12. The molecule has 3 aromatic carbocycles. The summed E-state index contributed by atoms with van der Waals surface area (Å²) in [5.74, 6) is 1.41. The molecule has 0 unspecified atom stereocenters. The van der Waals surface area contributed by atoms with Gasteiger partial charge in [-0.15, -0.1) is 0 Å². The number of nitrogens with zero attached hydrogens (tertiary/aromatic N) is 1. The standard InChI is InChI=1S/C23H20N2O4/c1-27-20-11-12-22(28-2)21(13-20)25-23(26)15-29-19-9-7-18(8-10-19)17-5-3-16(14-24)4-6-17/h3-13H,15H2,1-2H3,(H,25,26). The van der Waals surface area contributed by atoms with Crippen molar-refractivity contribution < 1.29 is 19.0 Å². The van der Waals surface area contributed by atoms with E-state index in [1.54, 1.807) is 49.6 Å². The quantitative estimate of drug-likeness (QED) is 0.654. The number of ether oxygens (including phenoxy) is 3. The topological polar surface area (TPSA) is 80.6 Å². The van der Waals surface area contributed by atoms with Crippen LogP contribution in [0.15, 0.2) is 66.7 Å². The number of methoxy groups -OCH3 is 2. The molecule has 1 amide bonds. The summed E-state index contributed by atoms with van der Waals surface area (Å²) in [6, 6.07) is 22.0. The highest BCUT2D eigenvalue weighted by molar-refractivity contribution is 5.93. The van der Waals surface area contributed by atoms with E-state index in [1.165, 1.54) is 7.11 Å². The van der Waals surface area contributed by atoms with Crippen LogP contribution in [0.3, 0.4) is 0 Å². The van der Waals surface area contributed by atoms with Gasteiger partial charge in [0, 0.05) is 6.07 Å². The highest BCUT2D eigenvalue weighted by Gasteiger charge is 2.10. The van der Waals surface area contributed by atoms with Gasteiger partial charge in [0.2, 0.25) is 0 Å². The molecule has 0 spiro atoms. The summed E-state index contributed by atoms with van der Waals surface area (Å²) in [4.78, 5) is 12.2. The Morgan fingerprint density at radius 1 is 0.897 bits per heavy atom. The van der Waals surface area contributed by atoms with Crippen LogP contribution in [0.5, 0.6) is 17.2 Å². The van der Waals surface area contributed by atoms with Crippen LogP contribution in [-0.2, 0) is 4.79 Å². The van der Waals surface area contributed by atoms with Crippen molar-refractivity contribution in [1.29, 1.82) is 5.26 Å². The first-order valence-corrected chi connectivity index (χ1v) is 8.88. The van der Waals surface area contributed by atoms with E-state index in [0.717, 1.165) is 11.1 Å². The maximum atomic E-state index is 12.2. The van der Waals surface area contributed by atoms with E-state index in [-0.39, 0.29) is 12.5 Å². The number of rotatable bonds is 7. The van der Waals surface area contributed by atoms with Crippen molar-refractivity contribution in [3.8, 4) is 34.4 Å². The molecule has 0 aromatic heterocycles. The van der Waals surface area contributed by atoms with Crippen LogP contribution in [0, 0.1) is 11.3 Å². The van der Waals surface area contributed by atoms with E-state index in [2.05, 4.69) is 11.4 Å². The summed E-state index contributed by atoms with van der Waals surface area (Å²) in [7, 11) is 3.08. The number of nitrogens with one attached hydrogen (secondary N) is 1. The van der Waals surface area contributed by atoms with Crippen LogP contribution in [0.2, 0.25) is 0 Å². The lowest BCUT2D eigenvalue weighted by molar-refractivity contribution is -0.118. The molecular formula is C23H20N2O4. The van der Waals surface area contributed by atoms with E-state index in [9.17, 15) is 4.79 Å². The predicted molar refractivity (Wildman–Crippen MR) is 110 cm³/mol. The fourth-order valence-corrected chi connectivity index (χ4v) is 2.73. The molecule has 0 fully saturated rings. The second-order valence-corrected chi connectivity index (χ2v) is 6.12. The van der Waals surface area contributed by atoms with Crippen molar-refractivity contribution in [2.45, 2.75) is 0 Å². The maximum Gasteiger partial charge on any atom is 0.262 e. The molecule has 146 valence electrons. The average Bonchev–Trinajstić information content (AvgIpc) is 2.78. The van der Waals surface area contributed by atoms with Gasteiger partial charge in [-0.25, -0.2) is 0 Å². The van der Waals surface area contributed by atoms with Crippen molar-refractivity contribution >= 4 is 11.6 Å². The van der Waals surface area contributed by atoms with Crippen molar-refractivity contribution in [3.05, 3.63) is 72.3 Å². The van der Waals surface area contributed by atoms with Crippen LogP contribution >= 0.6 is 0 Å². The van der Waals surface area contributed by atoms with E-state index < -0.39 is 0 Å². The second kappa shape index (κ2) is 9.29. The molecule has 0 radical (unpaired) electrons. The van der Waals surface area contributed by atoms with E-state index in [0.29, 0.717) is 28.5 Å². The number of benzene rings is 3. The third-order valence-corrected chi connectivity index (χ3v) is 4.25. The molecule has 0 aliphatic rings. The Hall–Kier alpha value is -3.98. The Bertz CT molecular complexity index is 1020. The minimum Gasteiger partial charge on any atom is -0.497 e. The van der Waals surface area contributed by atoms with Gasteiger partial charge in [0.05, 0.1) is 31.5 Å². The molecule has 0 aliphatic carbocycles. The summed E-state index contributed by atoms with van der Waals surface area (Å²) in [6.07, 6.45) is 0. The molecule has 1 N–H and O–H groups in total. The van der Waals surface area contributed by atoms with Crippen LogP contribution in [0.25, 0.3) is 11.1 Å². The molecule has 0 saturated carbocycles. The Morgan fingerprint density at radius 2 is 1.52 bits per heavy atom. The number of carbonyl (C=O) groups is 1. The first kappa shape index (κ1) is 19.8. The summed E-state index contributed by atoms with van der Waals surface area (Å²) in [5.41, 5.74) is 3.12. The minimum absolute atomic E-state index is 0.142. The van der Waals surface area contributed by atoms with E-state index in [4.69, 9.17) is 19.5 Å². The van der Waals surface area contributed by atoms with Gasteiger partial charge in [-0.05, 0) is 47.5 Å². The molecular weight excluding hydrogens is 368 g/mol. The highest BCUT2D eigenvalue weighted by Crippen LogP contribution is 2.29. The normalized spacial score (nSPS) is 9.97. The van der Waals surface area contributed by atoms with Crippen molar-refractivity contribution in [3.63, 3.8) is 0 Å². The van der Waals surface area contributed by atoms with Crippen LogP contribution in [-0.4, -0.2) is 26.7 Å². The molecule has 6 nitrogen and oxygen atoms in total. The van der Waals surface area contributed by atoms with Gasteiger partial charge in [0.25, 0.3) is 5.91 Å². The third-order valence-electron chi connectivity index (χ3n) is 4.25. The van der Waals surface area contributed by atoms with Crippen LogP contribution in [0.4, 0.5) is 5.69 Å². The monoisotopic (exact) mass is 388 g/mol. The van der Waals surface area contributed by atoms with Crippen LogP contribution in [0.1, 0.15) is 5.56 Å². The zero-order chi connectivity index (χ0) is 20.6. The Morgan fingerprint density at radius 3 is 2.10 bits per heavy atom. The number of nitriles is 1. The van der Waals surface area contributed by atoms with Gasteiger partial charge >= 0.3 is 0 Å². The number of anilines is 1. The number of carbonyl (C=O) groups excluding carboxylic acids is 1. The zero-order valence-electron chi connectivity index (χ0n) is 16.1. The summed E-state index contributed by atoms with van der Waals surface area (Å²) < 4.78 is 16.0. The van der Waals surface area contributed by atoms with Crippen LogP contribution < -0.4 is 19.5 Å². The maximum absolute atomic E-state index is 12.2. The Kier molecular flexibility index (Phi) is 6.33. The molecule has 3 rings (SSSR count). The van der Waals surface area contributed by atoms with Gasteiger partial charge < -0.3 is 19.5 Å². The summed E-state index contributed by atoms with van der Waals surface area (Å²) in [6.45, 7) is -0.142. The van der Waals surface area contributed by atoms with Crippen molar-refractivity contribution in [2.75, 3.05) is 26.1 Å². The molecule has 0 saturated heterocycles. The highest BCUT2D eigenvalue weighted by atomic mass is 16.5. The molecule has 0 heterocycles. The zero-order valence-corrected chi connectivity index (χ0v) is 16.1. The molecule has 0 atom stereocenters. The number of amides is 1. The lowest BCUT2D eigenvalue weighted by atomic mass is 10.0. The molecule has 29 heavy (non-hydrogen) atoms. The largest absolute Gasteiger partial charge is 0.497 e. The van der Waals surface area contributed by atoms with Gasteiger partial charge in [0.1, 0.15) is 17.2 Å². The van der Waals surface area contributed by atoms with E-state index in [1.807, 2.05) is 24.3 Å². The smallest absolute Gasteiger partial charge is 0.262 e. The lowest BCUT2D eigenvalue weighted by Gasteiger charge is -2.12. The van der Waals surface area contributed by atoms with E-state index >= 15 is 0 Å². The van der Waals surface area contributed by atoms with Gasteiger partial charge in [0.15, 0.2) is 6.61 Å². The Balaban J connectivity index is 1.60. The lowest BCUT2D eigenvalue weighted by Crippen LogP contribution is -2.20. The number of hydrogen-bond acceptors (Lipinski definition) is 5. The molecule has 6 heteroatoms. The van der Waals surface area contributed by atoms with Crippen molar-refractivity contribution in [1.82, 2.24) is 0 Å². The molecule has 0 aliphatic heterocycles. The van der Waals surface area contributed by atoms with Gasteiger partial charge in [-0.2, -0.15) is 5.26 Å². The first-order chi connectivity index (χ1) is 14.1. The Labute approximate surface area is 169 Å². The predicted octanol–water partition coefficient (Wildman–Crippen LogP) is 4.26. The molecule has 3 aromatic rings. The SMILES string of the molecule is COc1ccc(OC)c(NC(=O)COc2ccc(-c3ccc(C#N)cc3)cc2)c1. The first-order valence-electron chi connectivity index (χ1n) is 8.88. The minimum atomic E-state index is -0.312. The third kappa shape index (κ3) is 5.05. The van der Waals surface area contributed by atoms with Gasteiger partial charge in [-0.1, -0.05) is 24.3 Å². The summed E-state index contributed by atoms with van der Waals surface area (Å²) >= 11 is 0. The fraction of sp³-hybridized carbons (Fsp3) is 0.130. The molecule has 0 bridgehead atoms. The summed E-state index contributed by atoms with van der Waals surface area (Å²) in [5, 5.41) is 11.6. The van der Waals surface area contributed by atoms with Crippen molar-refractivity contribution in [2.24, 2.45) is 0 Å². The number of hydrogen-bond donors (Lipinski definition) is 1. The fourth-order valence-electron chi connectivity index (χ4n) is 2.73.